The summed E-state index contributed by atoms with van der Waals surface area (Å²) in [5, 5.41) is 20.1. The van der Waals surface area contributed by atoms with Crippen molar-refractivity contribution < 1.29 is 9.66 Å². The first-order valence-corrected chi connectivity index (χ1v) is 8.23. The smallest absolute Gasteiger partial charge is 0.269 e. The molecule has 0 aliphatic carbocycles. The molecule has 25 heavy (non-hydrogen) atoms. The zero-order valence-electron chi connectivity index (χ0n) is 14.1. The highest BCUT2D eigenvalue weighted by Gasteiger charge is 2.07. The molecule has 2 aromatic carbocycles. The maximum absolute atomic E-state index is 10.7. The fourth-order valence-corrected chi connectivity index (χ4v) is 2.35. The van der Waals surface area contributed by atoms with Crippen LogP contribution in [0, 0.1) is 21.4 Å². The van der Waals surface area contributed by atoms with Gasteiger partial charge in [0, 0.05) is 12.1 Å². The van der Waals surface area contributed by atoms with Crippen molar-refractivity contribution in [2.24, 2.45) is 0 Å². The lowest BCUT2D eigenvalue weighted by Crippen LogP contribution is -1.96. The zero-order chi connectivity index (χ0) is 18.1. The van der Waals surface area contributed by atoms with E-state index in [2.05, 4.69) is 13.0 Å². The van der Waals surface area contributed by atoms with Crippen LogP contribution in [0.25, 0.3) is 11.6 Å². The molecular weight excluding hydrogens is 316 g/mol. The molecule has 0 N–H and O–H groups in total. The van der Waals surface area contributed by atoms with Crippen molar-refractivity contribution in [3.63, 3.8) is 0 Å². The Hall–Kier alpha value is -3.13. The highest BCUT2D eigenvalue weighted by Crippen LogP contribution is 2.22. The fourth-order valence-electron chi connectivity index (χ4n) is 2.35. The van der Waals surface area contributed by atoms with Gasteiger partial charge in [-0.05, 0) is 47.9 Å². The van der Waals surface area contributed by atoms with Crippen molar-refractivity contribution >= 4 is 17.3 Å². The van der Waals surface area contributed by atoms with E-state index in [0.717, 1.165) is 30.6 Å². The molecule has 0 aromatic heterocycles. The quantitative estimate of drug-likeness (QED) is 0.217. The van der Waals surface area contributed by atoms with Gasteiger partial charge >= 0.3 is 0 Å². The molecule has 0 atom stereocenters. The molecule has 0 saturated heterocycles. The number of nitriles is 1. The van der Waals surface area contributed by atoms with E-state index in [-0.39, 0.29) is 5.69 Å². The Kier molecular flexibility index (Phi) is 6.73. The van der Waals surface area contributed by atoms with Crippen molar-refractivity contribution in [3.8, 4) is 11.8 Å². The van der Waals surface area contributed by atoms with Gasteiger partial charge in [0.2, 0.25) is 0 Å². The number of ether oxygens (including phenoxy) is 1. The highest BCUT2D eigenvalue weighted by molar-refractivity contribution is 5.89. The van der Waals surface area contributed by atoms with Gasteiger partial charge in [-0.1, -0.05) is 31.9 Å². The molecule has 0 aliphatic heterocycles. The Morgan fingerprint density at radius 1 is 1.24 bits per heavy atom. The minimum Gasteiger partial charge on any atom is -0.494 e. The highest BCUT2D eigenvalue weighted by atomic mass is 16.6. The van der Waals surface area contributed by atoms with E-state index in [9.17, 15) is 15.4 Å². The van der Waals surface area contributed by atoms with Gasteiger partial charge in [-0.15, -0.1) is 0 Å². The van der Waals surface area contributed by atoms with E-state index in [1.807, 2.05) is 24.3 Å². The summed E-state index contributed by atoms with van der Waals surface area (Å²) in [5.41, 5.74) is 1.94. The Bertz CT molecular complexity index is 789. The molecule has 128 valence electrons. The van der Waals surface area contributed by atoms with Gasteiger partial charge < -0.3 is 4.74 Å². The summed E-state index contributed by atoms with van der Waals surface area (Å²) >= 11 is 0. The van der Waals surface area contributed by atoms with Gasteiger partial charge in [0.05, 0.1) is 23.2 Å². The monoisotopic (exact) mass is 336 g/mol. The third kappa shape index (κ3) is 5.47. The molecule has 0 fully saturated rings. The minimum absolute atomic E-state index is 0.00326. The molecule has 0 spiro atoms. The van der Waals surface area contributed by atoms with Crippen LogP contribution in [0.1, 0.15) is 37.3 Å². The lowest BCUT2D eigenvalue weighted by molar-refractivity contribution is -0.384. The molecule has 0 unspecified atom stereocenters. The Morgan fingerprint density at radius 3 is 2.64 bits per heavy atom. The van der Waals surface area contributed by atoms with Crippen LogP contribution in [-0.4, -0.2) is 11.5 Å². The Labute approximate surface area is 147 Å². The minimum atomic E-state index is -0.459. The van der Waals surface area contributed by atoms with Gasteiger partial charge in [0.25, 0.3) is 5.69 Å². The van der Waals surface area contributed by atoms with Crippen LogP contribution in [0.4, 0.5) is 5.69 Å². The predicted molar refractivity (Wildman–Crippen MR) is 98.0 cm³/mol. The number of benzene rings is 2. The zero-order valence-corrected chi connectivity index (χ0v) is 14.1. The molecular formula is C20H20N2O3. The van der Waals surface area contributed by atoms with Crippen molar-refractivity contribution in [2.75, 3.05) is 6.61 Å². The molecule has 5 heteroatoms. The first-order valence-electron chi connectivity index (χ1n) is 8.23. The number of unbranched alkanes of at least 4 members (excludes halogenated alkanes) is 2. The average Bonchev–Trinajstić information content (AvgIpc) is 2.64. The number of allylic oxidation sites excluding steroid dienone is 1. The van der Waals surface area contributed by atoms with Crippen LogP contribution in [0.15, 0.2) is 48.5 Å². The molecule has 5 nitrogen and oxygen atoms in total. The summed E-state index contributed by atoms with van der Waals surface area (Å²) in [6, 6.07) is 15.6. The van der Waals surface area contributed by atoms with E-state index >= 15 is 0 Å². The number of rotatable bonds is 8. The first-order chi connectivity index (χ1) is 12.1. The number of hydrogen-bond donors (Lipinski definition) is 0. The first kappa shape index (κ1) is 18.2. The third-order valence-corrected chi connectivity index (χ3v) is 3.70. The third-order valence-electron chi connectivity index (χ3n) is 3.70. The van der Waals surface area contributed by atoms with Gasteiger partial charge in [0.1, 0.15) is 5.75 Å². The second kappa shape index (κ2) is 9.24. The summed E-state index contributed by atoms with van der Waals surface area (Å²) in [6.45, 7) is 2.82. The van der Waals surface area contributed by atoms with Crippen LogP contribution < -0.4 is 4.74 Å². The Morgan fingerprint density at radius 2 is 2.00 bits per heavy atom. The van der Waals surface area contributed by atoms with Gasteiger partial charge in [-0.2, -0.15) is 5.26 Å². The van der Waals surface area contributed by atoms with E-state index in [4.69, 9.17) is 4.74 Å². The van der Waals surface area contributed by atoms with Crippen LogP contribution in [0.3, 0.4) is 0 Å². The average molecular weight is 336 g/mol. The van der Waals surface area contributed by atoms with Crippen LogP contribution in [0.5, 0.6) is 5.75 Å². The topological polar surface area (TPSA) is 76.2 Å². The molecule has 2 rings (SSSR count). The van der Waals surface area contributed by atoms with Crippen molar-refractivity contribution in [1.82, 2.24) is 0 Å². The number of nitro benzene ring substituents is 1. The molecule has 0 radical (unpaired) electrons. The van der Waals surface area contributed by atoms with Gasteiger partial charge in [0.15, 0.2) is 0 Å². The predicted octanol–water partition coefficient (Wildman–Crippen LogP) is 5.23. The molecule has 2 aromatic rings. The van der Waals surface area contributed by atoms with Crippen LogP contribution in [-0.2, 0) is 0 Å². The molecule has 0 heterocycles. The van der Waals surface area contributed by atoms with E-state index < -0.39 is 4.92 Å². The van der Waals surface area contributed by atoms with Crippen LogP contribution in [0.2, 0.25) is 0 Å². The molecule has 0 amide bonds. The molecule has 0 bridgehead atoms. The van der Waals surface area contributed by atoms with Gasteiger partial charge in [-0.25, -0.2) is 0 Å². The standard InChI is InChI=1S/C20H20N2O3/c1-2-3-4-12-25-20-7-5-6-16(14-20)13-18(15-21)17-8-10-19(11-9-17)22(23)24/h5-11,13-14H,2-4,12H2,1H3. The maximum Gasteiger partial charge on any atom is 0.269 e. The van der Waals surface area contributed by atoms with E-state index in [1.54, 1.807) is 18.2 Å². The normalized spacial score (nSPS) is 11.0. The summed E-state index contributed by atoms with van der Waals surface area (Å²) in [7, 11) is 0. The number of nitro groups is 1. The molecule has 0 aliphatic rings. The SMILES string of the molecule is CCCCCOc1cccc(C=C(C#N)c2ccc([N+](=O)[O-])cc2)c1. The number of hydrogen-bond acceptors (Lipinski definition) is 4. The second-order valence-corrected chi connectivity index (χ2v) is 5.60. The van der Waals surface area contributed by atoms with E-state index in [0.29, 0.717) is 17.7 Å². The van der Waals surface area contributed by atoms with Crippen LogP contribution >= 0.6 is 0 Å². The number of non-ortho nitro benzene ring substituents is 1. The largest absolute Gasteiger partial charge is 0.494 e. The second-order valence-electron chi connectivity index (χ2n) is 5.60. The summed E-state index contributed by atoms with van der Waals surface area (Å²) in [6.07, 6.45) is 5.05. The maximum atomic E-state index is 10.7. The van der Waals surface area contributed by atoms with Crippen molar-refractivity contribution in [2.45, 2.75) is 26.2 Å². The Balaban J connectivity index is 2.16. The van der Waals surface area contributed by atoms with E-state index in [1.165, 1.54) is 12.1 Å². The fraction of sp³-hybridized carbons (Fsp3) is 0.250. The summed E-state index contributed by atoms with van der Waals surface area (Å²) in [5.74, 6) is 0.769. The summed E-state index contributed by atoms with van der Waals surface area (Å²) < 4.78 is 5.72. The van der Waals surface area contributed by atoms with Gasteiger partial charge in [-0.3, -0.25) is 10.1 Å². The lowest BCUT2D eigenvalue weighted by Gasteiger charge is -2.06. The molecule has 0 saturated carbocycles. The van der Waals surface area contributed by atoms with Crippen molar-refractivity contribution in [1.29, 1.82) is 5.26 Å². The number of nitrogens with zero attached hydrogens (tertiary/aromatic N) is 2. The summed E-state index contributed by atoms with van der Waals surface area (Å²) in [4.78, 5) is 10.3. The lowest BCUT2D eigenvalue weighted by atomic mass is 10.0. The van der Waals surface area contributed by atoms with Crippen molar-refractivity contribution in [3.05, 3.63) is 69.8 Å².